The Kier molecular flexibility index (Phi) is 3.34. The second-order valence-corrected chi connectivity index (χ2v) is 6.77. The third-order valence-corrected chi connectivity index (χ3v) is 5.00. The van der Waals surface area contributed by atoms with Crippen LogP contribution in [0, 0.1) is 0 Å². The molecule has 3 aromatic rings. The molecule has 1 saturated carbocycles. The molecule has 0 unspecified atom stereocenters. The van der Waals surface area contributed by atoms with Crippen LogP contribution in [0.2, 0.25) is 0 Å². The number of benzene rings is 1. The molecule has 0 bridgehead atoms. The minimum Gasteiger partial charge on any atom is -0.461 e. The standard InChI is InChI=1S/C19H18N4O3/c24-17(21-10-9-13-4-1-2-5-15(13)21)12-22-19(25)23(14-7-8-14)18(20-22)16-6-3-11-26-16/h1-6,11,14H,7-10,12H2. The third kappa shape index (κ3) is 2.39. The van der Waals surface area contributed by atoms with Gasteiger partial charge in [-0.2, -0.15) is 0 Å². The van der Waals surface area contributed by atoms with E-state index in [1.165, 1.54) is 4.68 Å². The second kappa shape index (κ2) is 5.72. The molecule has 132 valence electrons. The summed E-state index contributed by atoms with van der Waals surface area (Å²) in [5.74, 6) is 0.923. The van der Waals surface area contributed by atoms with E-state index in [0.29, 0.717) is 18.1 Å². The number of aromatic nitrogens is 3. The summed E-state index contributed by atoms with van der Waals surface area (Å²) >= 11 is 0. The van der Waals surface area contributed by atoms with Gasteiger partial charge in [0.2, 0.25) is 11.7 Å². The molecule has 0 radical (unpaired) electrons. The van der Waals surface area contributed by atoms with Gasteiger partial charge in [0, 0.05) is 18.3 Å². The lowest BCUT2D eigenvalue weighted by Crippen LogP contribution is -2.36. The average molecular weight is 350 g/mol. The normalized spacial score (nSPS) is 16.1. The fourth-order valence-corrected chi connectivity index (χ4v) is 3.57. The van der Waals surface area contributed by atoms with Crippen molar-refractivity contribution < 1.29 is 9.21 Å². The van der Waals surface area contributed by atoms with Gasteiger partial charge < -0.3 is 9.32 Å². The van der Waals surface area contributed by atoms with Gasteiger partial charge in [-0.15, -0.1) is 5.10 Å². The molecular weight excluding hydrogens is 332 g/mol. The first-order valence-corrected chi connectivity index (χ1v) is 8.84. The van der Waals surface area contributed by atoms with Crippen molar-refractivity contribution in [1.29, 1.82) is 0 Å². The Morgan fingerprint density at radius 2 is 2.04 bits per heavy atom. The van der Waals surface area contributed by atoms with Crippen LogP contribution in [-0.2, 0) is 17.8 Å². The van der Waals surface area contributed by atoms with Crippen LogP contribution in [0.3, 0.4) is 0 Å². The molecule has 2 aromatic heterocycles. The number of fused-ring (bicyclic) bond motifs is 1. The van der Waals surface area contributed by atoms with Crippen LogP contribution in [0.5, 0.6) is 0 Å². The van der Waals surface area contributed by atoms with Gasteiger partial charge in [-0.3, -0.25) is 9.36 Å². The van der Waals surface area contributed by atoms with Crippen molar-refractivity contribution >= 4 is 11.6 Å². The van der Waals surface area contributed by atoms with E-state index in [1.807, 2.05) is 24.3 Å². The first kappa shape index (κ1) is 15.2. The van der Waals surface area contributed by atoms with E-state index < -0.39 is 0 Å². The zero-order valence-electron chi connectivity index (χ0n) is 14.2. The maximum Gasteiger partial charge on any atom is 0.347 e. The van der Waals surface area contributed by atoms with Crippen molar-refractivity contribution in [3.63, 3.8) is 0 Å². The van der Waals surface area contributed by atoms with Gasteiger partial charge in [0.15, 0.2) is 5.76 Å². The maximum absolute atomic E-state index is 12.8. The number of carbonyl (C=O) groups is 1. The predicted octanol–water partition coefficient (Wildman–Crippen LogP) is 2.23. The lowest BCUT2D eigenvalue weighted by molar-refractivity contribution is -0.119. The Balaban J connectivity index is 1.47. The monoisotopic (exact) mass is 350 g/mol. The third-order valence-electron chi connectivity index (χ3n) is 5.00. The molecule has 1 aliphatic carbocycles. The topological polar surface area (TPSA) is 73.3 Å². The molecule has 26 heavy (non-hydrogen) atoms. The second-order valence-electron chi connectivity index (χ2n) is 6.77. The highest BCUT2D eigenvalue weighted by molar-refractivity contribution is 5.95. The number of rotatable bonds is 4. The largest absolute Gasteiger partial charge is 0.461 e. The highest BCUT2D eigenvalue weighted by Crippen LogP contribution is 2.36. The van der Waals surface area contributed by atoms with Gasteiger partial charge in [-0.1, -0.05) is 18.2 Å². The summed E-state index contributed by atoms with van der Waals surface area (Å²) in [5, 5.41) is 4.41. The Morgan fingerprint density at radius 3 is 2.81 bits per heavy atom. The molecule has 0 spiro atoms. The van der Waals surface area contributed by atoms with Crippen LogP contribution in [-0.4, -0.2) is 26.8 Å². The number of para-hydroxylation sites is 1. The van der Waals surface area contributed by atoms with E-state index in [4.69, 9.17) is 4.42 Å². The Morgan fingerprint density at radius 1 is 1.19 bits per heavy atom. The average Bonchev–Trinajstić information content (AvgIpc) is 3.08. The van der Waals surface area contributed by atoms with E-state index in [2.05, 4.69) is 5.10 Å². The van der Waals surface area contributed by atoms with Gasteiger partial charge in [0.25, 0.3) is 0 Å². The Bertz CT molecular complexity index is 1030. The number of anilines is 1. The van der Waals surface area contributed by atoms with Gasteiger partial charge in [-0.05, 0) is 43.0 Å². The number of furan rings is 1. The zero-order chi connectivity index (χ0) is 17.7. The molecule has 1 aliphatic heterocycles. The van der Waals surface area contributed by atoms with Crippen molar-refractivity contribution in [1.82, 2.24) is 14.3 Å². The summed E-state index contributed by atoms with van der Waals surface area (Å²) in [7, 11) is 0. The molecule has 3 heterocycles. The van der Waals surface area contributed by atoms with Crippen LogP contribution in [0.4, 0.5) is 5.69 Å². The van der Waals surface area contributed by atoms with Crippen molar-refractivity contribution in [2.75, 3.05) is 11.4 Å². The van der Waals surface area contributed by atoms with E-state index in [9.17, 15) is 9.59 Å². The van der Waals surface area contributed by atoms with Crippen LogP contribution in [0.1, 0.15) is 24.4 Å². The summed E-state index contributed by atoms with van der Waals surface area (Å²) in [5.41, 5.74) is 1.84. The van der Waals surface area contributed by atoms with Gasteiger partial charge in [-0.25, -0.2) is 9.48 Å². The van der Waals surface area contributed by atoms with Crippen molar-refractivity contribution in [2.45, 2.75) is 31.8 Å². The summed E-state index contributed by atoms with van der Waals surface area (Å²) in [6.45, 7) is 0.571. The van der Waals surface area contributed by atoms with E-state index in [1.54, 1.807) is 27.9 Å². The molecule has 1 aromatic carbocycles. The molecule has 1 fully saturated rings. The smallest absolute Gasteiger partial charge is 0.347 e. The molecule has 0 N–H and O–H groups in total. The molecule has 0 atom stereocenters. The first-order valence-electron chi connectivity index (χ1n) is 8.84. The quantitative estimate of drug-likeness (QED) is 0.723. The summed E-state index contributed by atoms with van der Waals surface area (Å²) in [6.07, 6.45) is 4.30. The number of hydrogen-bond acceptors (Lipinski definition) is 4. The predicted molar refractivity (Wildman–Crippen MR) is 95.0 cm³/mol. The minimum absolute atomic E-state index is 0.0689. The molecule has 2 aliphatic rings. The van der Waals surface area contributed by atoms with E-state index >= 15 is 0 Å². The fraction of sp³-hybridized carbons (Fsp3) is 0.316. The van der Waals surface area contributed by atoms with Crippen LogP contribution in [0.15, 0.2) is 51.9 Å². The lowest BCUT2D eigenvalue weighted by atomic mass is 10.2. The first-order chi connectivity index (χ1) is 12.7. The number of amides is 1. The highest BCUT2D eigenvalue weighted by atomic mass is 16.3. The van der Waals surface area contributed by atoms with Crippen LogP contribution < -0.4 is 10.6 Å². The number of nitrogens with zero attached hydrogens (tertiary/aromatic N) is 4. The fourth-order valence-electron chi connectivity index (χ4n) is 3.57. The minimum atomic E-state index is -0.250. The SMILES string of the molecule is O=C(Cn1nc(-c2ccco2)n(C2CC2)c1=O)N1CCc2ccccc21. The summed E-state index contributed by atoms with van der Waals surface area (Å²) in [6, 6.07) is 11.6. The molecule has 5 rings (SSSR count). The molecule has 7 nitrogen and oxygen atoms in total. The summed E-state index contributed by atoms with van der Waals surface area (Å²) < 4.78 is 8.35. The van der Waals surface area contributed by atoms with E-state index in [-0.39, 0.29) is 24.2 Å². The summed E-state index contributed by atoms with van der Waals surface area (Å²) in [4.78, 5) is 27.4. The van der Waals surface area contributed by atoms with Crippen molar-refractivity contribution in [2.24, 2.45) is 0 Å². The molecule has 1 amide bonds. The van der Waals surface area contributed by atoms with Crippen LogP contribution in [0.25, 0.3) is 11.6 Å². The van der Waals surface area contributed by atoms with Crippen molar-refractivity contribution in [3.8, 4) is 11.6 Å². The Labute approximate surface area is 149 Å². The van der Waals surface area contributed by atoms with Crippen LogP contribution >= 0.6 is 0 Å². The molecular formula is C19H18N4O3. The van der Waals surface area contributed by atoms with Gasteiger partial charge in [0.05, 0.1) is 6.26 Å². The molecule has 7 heteroatoms. The molecule has 0 saturated heterocycles. The van der Waals surface area contributed by atoms with Gasteiger partial charge >= 0.3 is 5.69 Å². The van der Waals surface area contributed by atoms with E-state index in [0.717, 1.165) is 30.5 Å². The van der Waals surface area contributed by atoms with Gasteiger partial charge in [0.1, 0.15) is 6.54 Å². The maximum atomic E-state index is 12.8. The Hall–Kier alpha value is -3.09. The number of hydrogen-bond donors (Lipinski definition) is 0. The number of carbonyl (C=O) groups excluding carboxylic acids is 1. The zero-order valence-corrected chi connectivity index (χ0v) is 14.2. The highest BCUT2D eigenvalue weighted by Gasteiger charge is 2.32. The van der Waals surface area contributed by atoms with Crippen molar-refractivity contribution in [3.05, 3.63) is 58.7 Å². The lowest BCUT2D eigenvalue weighted by Gasteiger charge is -2.16.